The number of nitrogens with two attached hydrogens (primary N) is 1. The van der Waals surface area contributed by atoms with Crippen molar-refractivity contribution in [2.75, 3.05) is 37.6 Å². The van der Waals surface area contributed by atoms with Gasteiger partial charge in [0.25, 0.3) is 0 Å². The normalized spacial score (nSPS) is 22.7. The van der Waals surface area contributed by atoms with Crippen molar-refractivity contribution in [2.24, 2.45) is 11.7 Å². The van der Waals surface area contributed by atoms with Gasteiger partial charge in [-0.15, -0.1) is 0 Å². The standard InChI is InChI=1S/C17H28N4/c1-14(18)17-5-4-16(12-19-17)21-10-6-15(7-11-21)13-20-8-2-3-9-20/h4-5,12,14-15H,2-3,6-11,13,18H2,1H3. The summed E-state index contributed by atoms with van der Waals surface area (Å²) in [7, 11) is 0. The zero-order valence-corrected chi connectivity index (χ0v) is 13.2. The molecule has 2 aliphatic rings. The molecular formula is C17H28N4. The minimum atomic E-state index is 0.0187. The monoisotopic (exact) mass is 288 g/mol. The molecule has 0 aromatic carbocycles. The van der Waals surface area contributed by atoms with Crippen LogP contribution in [0.4, 0.5) is 5.69 Å². The van der Waals surface area contributed by atoms with Crippen molar-refractivity contribution < 1.29 is 0 Å². The summed E-state index contributed by atoms with van der Waals surface area (Å²) in [6, 6.07) is 4.26. The molecule has 1 aromatic heterocycles. The molecule has 3 rings (SSSR count). The molecule has 4 nitrogen and oxygen atoms in total. The topological polar surface area (TPSA) is 45.4 Å². The molecule has 3 heterocycles. The van der Waals surface area contributed by atoms with E-state index < -0.39 is 0 Å². The van der Waals surface area contributed by atoms with E-state index in [0.717, 1.165) is 24.7 Å². The molecule has 1 unspecified atom stereocenters. The lowest BCUT2D eigenvalue weighted by Gasteiger charge is -2.35. The first-order chi connectivity index (χ1) is 10.2. The van der Waals surface area contributed by atoms with Crippen LogP contribution in [-0.2, 0) is 0 Å². The van der Waals surface area contributed by atoms with Crippen LogP contribution in [0.15, 0.2) is 18.3 Å². The van der Waals surface area contributed by atoms with Gasteiger partial charge in [0.2, 0.25) is 0 Å². The molecule has 0 spiro atoms. The fraction of sp³-hybridized carbons (Fsp3) is 0.706. The predicted molar refractivity (Wildman–Crippen MR) is 87.5 cm³/mol. The van der Waals surface area contributed by atoms with Crippen molar-refractivity contribution in [3.05, 3.63) is 24.0 Å². The van der Waals surface area contributed by atoms with Gasteiger partial charge in [-0.1, -0.05) is 0 Å². The van der Waals surface area contributed by atoms with Crippen LogP contribution in [0.5, 0.6) is 0 Å². The molecule has 0 saturated carbocycles. The number of pyridine rings is 1. The van der Waals surface area contributed by atoms with Crippen molar-refractivity contribution in [1.82, 2.24) is 9.88 Å². The molecule has 0 aliphatic carbocycles. The van der Waals surface area contributed by atoms with Gasteiger partial charge >= 0.3 is 0 Å². The lowest BCUT2D eigenvalue weighted by atomic mass is 9.96. The number of piperidine rings is 1. The summed E-state index contributed by atoms with van der Waals surface area (Å²) in [5, 5.41) is 0. The Morgan fingerprint density at radius 1 is 1.19 bits per heavy atom. The van der Waals surface area contributed by atoms with Gasteiger partial charge in [0.1, 0.15) is 0 Å². The van der Waals surface area contributed by atoms with E-state index in [0.29, 0.717) is 0 Å². The largest absolute Gasteiger partial charge is 0.370 e. The second-order valence-electron chi connectivity index (χ2n) is 6.67. The summed E-state index contributed by atoms with van der Waals surface area (Å²) in [5.74, 6) is 0.885. The average molecular weight is 288 g/mol. The quantitative estimate of drug-likeness (QED) is 0.924. The number of likely N-dealkylation sites (tertiary alicyclic amines) is 1. The molecular weight excluding hydrogens is 260 g/mol. The Hall–Kier alpha value is -1.13. The lowest BCUT2D eigenvalue weighted by molar-refractivity contribution is 0.249. The van der Waals surface area contributed by atoms with Crippen LogP contribution in [0.2, 0.25) is 0 Å². The highest BCUT2D eigenvalue weighted by Crippen LogP contribution is 2.25. The smallest absolute Gasteiger partial charge is 0.0569 e. The minimum absolute atomic E-state index is 0.0187. The van der Waals surface area contributed by atoms with Gasteiger partial charge in [-0.05, 0) is 63.7 Å². The molecule has 116 valence electrons. The molecule has 2 saturated heterocycles. The molecule has 2 N–H and O–H groups in total. The first kappa shape index (κ1) is 14.8. The molecule has 4 heteroatoms. The number of hydrogen-bond acceptors (Lipinski definition) is 4. The number of hydrogen-bond donors (Lipinski definition) is 1. The summed E-state index contributed by atoms with van der Waals surface area (Å²) in [6.07, 6.45) is 7.41. The molecule has 1 atom stereocenters. The van der Waals surface area contributed by atoms with Gasteiger partial charge in [-0.3, -0.25) is 4.98 Å². The van der Waals surface area contributed by atoms with E-state index in [2.05, 4.69) is 26.9 Å². The third-order valence-electron chi connectivity index (χ3n) is 4.93. The van der Waals surface area contributed by atoms with Gasteiger partial charge in [-0.2, -0.15) is 0 Å². The Bertz CT molecular complexity index is 429. The van der Waals surface area contributed by atoms with E-state index in [9.17, 15) is 0 Å². The van der Waals surface area contributed by atoms with Crippen molar-refractivity contribution in [1.29, 1.82) is 0 Å². The maximum Gasteiger partial charge on any atom is 0.0569 e. The Kier molecular flexibility index (Phi) is 4.76. The zero-order valence-electron chi connectivity index (χ0n) is 13.2. The van der Waals surface area contributed by atoms with Gasteiger partial charge in [-0.25, -0.2) is 0 Å². The van der Waals surface area contributed by atoms with Gasteiger partial charge < -0.3 is 15.5 Å². The van der Waals surface area contributed by atoms with Crippen molar-refractivity contribution in [2.45, 2.75) is 38.6 Å². The van der Waals surface area contributed by atoms with E-state index in [1.807, 2.05) is 13.1 Å². The van der Waals surface area contributed by atoms with Crippen molar-refractivity contribution >= 4 is 5.69 Å². The van der Waals surface area contributed by atoms with Crippen LogP contribution in [-0.4, -0.2) is 42.6 Å². The van der Waals surface area contributed by atoms with E-state index in [-0.39, 0.29) is 6.04 Å². The van der Waals surface area contributed by atoms with E-state index in [4.69, 9.17) is 5.73 Å². The Morgan fingerprint density at radius 2 is 1.90 bits per heavy atom. The van der Waals surface area contributed by atoms with Crippen LogP contribution in [0.25, 0.3) is 0 Å². The Morgan fingerprint density at radius 3 is 2.48 bits per heavy atom. The summed E-state index contributed by atoms with van der Waals surface area (Å²) in [6.45, 7) is 8.27. The highest BCUT2D eigenvalue weighted by Gasteiger charge is 2.23. The maximum absolute atomic E-state index is 5.86. The summed E-state index contributed by atoms with van der Waals surface area (Å²) in [4.78, 5) is 9.60. The number of rotatable bonds is 4. The highest BCUT2D eigenvalue weighted by atomic mass is 15.2. The van der Waals surface area contributed by atoms with Gasteiger partial charge in [0.15, 0.2) is 0 Å². The summed E-state index contributed by atoms with van der Waals surface area (Å²) < 4.78 is 0. The lowest BCUT2D eigenvalue weighted by Crippen LogP contribution is -2.38. The summed E-state index contributed by atoms with van der Waals surface area (Å²) in [5.41, 5.74) is 8.08. The molecule has 0 amide bonds. The predicted octanol–water partition coefficient (Wildman–Crippen LogP) is 2.41. The van der Waals surface area contributed by atoms with Crippen LogP contribution >= 0.6 is 0 Å². The minimum Gasteiger partial charge on any atom is -0.370 e. The fourth-order valence-corrected chi connectivity index (χ4v) is 3.56. The number of aromatic nitrogens is 1. The van der Waals surface area contributed by atoms with Gasteiger partial charge in [0, 0.05) is 25.7 Å². The first-order valence-corrected chi connectivity index (χ1v) is 8.41. The Balaban J connectivity index is 1.50. The molecule has 21 heavy (non-hydrogen) atoms. The zero-order chi connectivity index (χ0) is 14.7. The average Bonchev–Trinajstić information content (AvgIpc) is 3.01. The van der Waals surface area contributed by atoms with Crippen LogP contribution in [0.3, 0.4) is 0 Å². The number of nitrogens with zero attached hydrogens (tertiary/aromatic N) is 3. The van der Waals surface area contributed by atoms with E-state index >= 15 is 0 Å². The van der Waals surface area contributed by atoms with E-state index in [1.54, 1.807) is 0 Å². The van der Waals surface area contributed by atoms with Crippen LogP contribution < -0.4 is 10.6 Å². The first-order valence-electron chi connectivity index (χ1n) is 8.41. The third kappa shape index (κ3) is 3.74. The van der Waals surface area contributed by atoms with Crippen LogP contribution in [0.1, 0.15) is 44.3 Å². The Labute approximate surface area is 128 Å². The molecule has 0 radical (unpaired) electrons. The third-order valence-corrected chi connectivity index (χ3v) is 4.93. The van der Waals surface area contributed by atoms with Gasteiger partial charge in [0.05, 0.1) is 17.6 Å². The molecule has 1 aromatic rings. The summed E-state index contributed by atoms with van der Waals surface area (Å²) >= 11 is 0. The fourth-order valence-electron chi connectivity index (χ4n) is 3.56. The second kappa shape index (κ2) is 6.75. The SMILES string of the molecule is CC(N)c1ccc(N2CCC(CN3CCCC3)CC2)cn1. The van der Waals surface area contributed by atoms with Crippen molar-refractivity contribution in [3.63, 3.8) is 0 Å². The van der Waals surface area contributed by atoms with Crippen molar-refractivity contribution in [3.8, 4) is 0 Å². The molecule has 2 fully saturated rings. The molecule has 2 aliphatic heterocycles. The maximum atomic E-state index is 5.86. The highest BCUT2D eigenvalue weighted by molar-refractivity contribution is 5.45. The van der Waals surface area contributed by atoms with E-state index in [1.165, 1.54) is 51.0 Å². The second-order valence-corrected chi connectivity index (χ2v) is 6.67. The van der Waals surface area contributed by atoms with Crippen LogP contribution in [0, 0.1) is 5.92 Å². The molecule has 0 bridgehead atoms. The number of anilines is 1.